The number of carbonyl (C=O) groups excluding carboxylic acids is 1. The van der Waals surface area contributed by atoms with Gasteiger partial charge in [0.1, 0.15) is 0 Å². The monoisotopic (exact) mass is 333 g/mol. The summed E-state index contributed by atoms with van der Waals surface area (Å²) >= 11 is 7.39. The maximum Gasteiger partial charge on any atom is 0.223 e. The molecule has 2 aromatic heterocycles. The fourth-order valence-electron chi connectivity index (χ4n) is 2.04. The number of aromatic nitrogens is 1. The van der Waals surface area contributed by atoms with Gasteiger partial charge < -0.3 is 4.90 Å². The van der Waals surface area contributed by atoms with Crippen LogP contribution in [0.2, 0.25) is 4.34 Å². The van der Waals surface area contributed by atoms with Crippen LogP contribution >= 0.6 is 22.9 Å². The predicted octanol–water partition coefficient (Wildman–Crippen LogP) is 3.67. The van der Waals surface area contributed by atoms with Gasteiger partial charge in [-0.25, -0.2) is 0 Å². The van der Waals surface area contributed by atoms with Gasteiger partial charge in [-0.1, -0.05) is 17.7 Å². The quantitative estimate of drug-likeness (QED) is 0.776. The Bertz CT molecular complexity index is 651. The minimum Gasteiger partial charge on any atom is -0.336 e. The van der Waals surface area contributed by atoms with Crippen LogP contribution in [0.5, 0.6) is 0 Å². The van der Waals surface area contributed by atoms with Gasteiger partial charge in [-0.15, -0.1) is 11.3 Å². The number of thiophene rings is 1. The van der Waals surface area contributed by atoms with E-state index in [2.05, 4.69) is 11.1 Å². The summed E-state index contributed by atoms with van der Waals surface area (Å²) in [6.07, 6.45) is 3.11. The number of halogens is 1. The van der Waals surface area contributed by atoms with Crippen LogP contribution in [0.3, 0.4) is 0 Å². The number of amides is 1. The first-order chi connectivity index (χ1) is 10.7. The molecular formula is C16H16ClN3OS. The van der Waals surface area contributed by atoms with Crippen molar-refractivity contribution in [2.75, 3.05) is 6.54 Å². The lowest BCUT2D eigenvalue weighted by Gasteiger charge is -2.21. The van der Waals surface area contributed by atoms with Crippen molar-refractivity contribution in [3.05, 3.63) is 51.4 Å². The summed E-state index contributed by atoms with van der Waals surface area (Å²) < 4.78 is 0.734. The molecule has 22 heavy (non-hydrogen) atoms. The highest BCUT2D eigenvalue weighted by molar-refractivity contribution is 7.16. The molecule has 0 fully saturated rings. The van der Waals surface area contributed by atoms with Crippen LogP contribution in [-0.4, -0.2) is 22.3 Å². The van der Waals surface area contributed by atoms with E-state index >= 15 is 0 Å². The van der Waals surface area contributed by atoms with Gasteiger partial charge in [0.05, 0.1) is 29.1 Å². The van der Waals surface area contributed by atoms with E-state index in [1.807, 2.05) is 30.3 Å². The second kappa shape index (κ2) is 8.52. The van der Waals surface area contributed by atoms with Gasteiger partial charge in [-0.05, 0) is 30.7 Å². The molecule has 2 aromatic rings. The minimum absolute atomic E-state index is 0.0328. The van der Waals surface area contributed by atoms with Crippen LogP contribution in [0.1, 0.15) is 23.4 Å². The van der Waals surface area contributed by atoms with Crippen LogP contribution in [-0.2, 0) is 17.8 Å². The topological polar surface area (TPSA) is 57.0 Å². The highest BCUT2D eigenvalue weighted by Crippen LogP contribution is 2.22. The molecule has 0 aliphatic rings. The van der Waals surface area contributed by atoms with Crippen molar-refractivity contribution in [3.8, 4) is 6.07 Å². The Morgan fingerprint density at radius 2 is 2.23 bits per heavy atom. The fraction of sp³-hybridized carbons (Fsp3) is 0.312. The molecule has 0 saturated carbocycles. The standard InChI is InChI=1S/C16H16ClN3OS/c17-15-7-5-14(22-15)6-8-16(21)20(11-3-9-18)12-13-4-1-2-10-19-13/h1-2,4-5,7,10H,3,6,8,11-12H2. The molecule has 0 aliphatic carbocycles. The zero-order valence-electron chi connectivity index (χ0n) is 12.0. The second-order valence-electron chi connectivity index (χ2n) is 4.75. The molecule has 0 bridgehead atoms. The zero-order valence-corrected chi connectivity index (χ0v) is 13.6. The lowest BCUT2D eigenvalue weighted by atomic mass is 10.2. The molecule has 0 atom stereocenters. The maximum absolute atomic E-state index is 12.4. The Kier molecular flexibility index (Phi) is 6.38. The molecule has 4 nitrogen and oxygen atoms in total. The molecule has 0 aromatic carbocycles. The highest BCUT2D eigenvalue weighted by Gasteiger charge is 2.14. The second-order valence-corrected chi connectivity index (χ2v) is 6.55. The normalized spacial score (nSPS) is 10.2. The molecule has 2 rings (SSSR count). The SMILES string of the molecule is N#CCCN(Cc1ccccn1)C(=O)CCc1ccc(Cl)s1. The number of hydrogen-bond donors (Lipinski definition) is 0. The number of aryl methyl sites for hydroxylation is 1. The summed E-state index contributed by atoms with van der Waals surface area (Å²) in [6, 6.07) is 11.5. The zero-order chi connectivity index (χ0) is 15.8. The number of rotatable bonds is 7. The van der Waals surface area contributed by atoms with Gasteiger partial charge >= 0.3 is 0 Å². The number of nitriles is 1. The molecule has 0 spiro atoms. The first-order valence-corrected chi connectivity index (χ1v) is 8.17. The highest BCUT2D eigenvalue weighted by atomic mass is 35.5. The van der Waals surface area contributed by atoms with Gasteiger partial charge in [0.25, 0.3) is 0 Å². The first kappa shape index (κ1) is 16.5. The van der Waals surface area contributed by atoms with E-state index in [1.165, 1.54) is 11.3 Å². The third-order valence-corrected chi connectivity index (χ3v) is 4.43. The summed E-state index contributed by atoms with van der Waals surface area (Å²) in [6.45, 7) is 0.865. The van der Waals surface area contributed by atoms with Gasteiger partial charge in [-0.3, -0.25) is 9.78 Å². The number of pyridine rings is 1. The molecule has 0 radical (unpaired) electrons. The van der Waals surface area contributed by atoms with E-state index in [0.29, 0.717) is 32.4 Å². The van der Waals surface area contributed by atoms with E-state index in [1.54, 1.807) is 11.1 Å². The summed E-state index contributed by atoms with van der Waals surface area (Å²) in [5.74, 6) is 0.0328. The van der Waals surface area contributed by atoms with Crippen LogP contribution in [0, 0.1) is 11.3 Å². The smallest absolute Gasteiger partial charge is 0.223 e. The van der Waals surface area contributed by atoms with E-state index in [0.717, 1.165) is 14.9 Å². The lowest BCUT2D eigenvalue weighted by Crippen LogP contribution is -2.31. The Morgan fingerprint density at radius 1 is 1.36 bits per heavy atom. The number of carbonyl (C=O) groups is 1. The van der Waals surface area contributed by atoms with Gasteiger partial charge in [-0.2, -0.15) is 5.26 Å². The number of nitrogens with zero attached hydrogens (tertiary/aromatic N) is 3. The predicted molar refractivity (Wildman–Crippen MR) is 87.5 cm³/mol. The minimum atomic E-state index is 0.0328. The maximum atomic E-state index is 12.4. The molecule has 0 aliphatic heterocycles. The van der Waals surface area contributed by atoms with Crippen LogP contribution in [0.25, 0.3) is 0 Å². The number of hydrogen-bond acceptors (Lipinski definition) is 4. The summed E-state index contributed by atoms with van der Waals surface area (Å²) in [5.41, 5.74) is 0.827. The van der Waals surface area contributed by atoms with Crippen molar-refractivity contribution in [2.24, 2.45) is 0 Å². The third kappa shape index (κ3) is 5.14. The Balaban J connectivity index is 1.95. The summed E-state index contributed by atoms with van der Waals surface area (Å²) in [7, 11) is 0. The van der Waals surface area contributed by atoms with E-state index in [9.17, 15) is 4.79 Å². The Labute approximate surface area is 139 Å². The summed E-state index contributed by atoms with van der Waals surface area (Å²) in [5, 5.41) is 8.76. The fourth-order valence-corrected chi connectivity index (χ4v) is 3.13. The molecule has 1 amide bonds. The molecule has 2 heterocycles. The van der Waals surface area contributed by atoms with E-state index in [4.69, 9.17) is 16.9 Å². The van der Waals surface area contributed by atoms with Crippen molar-refractivity contribution in [3.63, 3.8) is 0 Å². The van der Waals surface area contributed by atoms with Crippen LogP contribution < -0.4 is 0 Å². The molecule has 6 heteroatoms. The molecule has 0 saturated heterocycles. The molecule has 0 N–H and O–H groups in total. The van der Waals surface area contributed by atoms with Crippen molar-refractivity contribution in [1.29, 1.82) is 5.26 Å². The Hall–Kier alpha value is -1.90. The third-order valence-electron chi connectivity index (χ3n) is 3.14. The lowest BCUT2D eigenvalue weighted by molar-refractivity contribution is -0.131. The van der Waals surface area contributed by atoms with Crippen LogP contribution in [0.4, 0.5) is 0 Å². The summed E-state index contributed by atoms with van der Waals surface area (Å²) in [4.78, 5) is 19.4. The molecular weight excluding hydrogens is 318 g/mol. The van der Waals surface area contributed by atoms with Crippen molar-refractivity contribution in [2.45, 2.75) is 25.8 Å². The first-order valence-electron chi connectivity index (χ1n) is 6.98. The van der Waals surface area contributed by atoms with Gasteiger partial charge in [0, 0.05) is 24.0 Å². The van der Waals surface area contributed by atoms with Crippen molar-refractivity contribution >= 4 is 28.8 Å². The van der Waals surface area contributed by atoms with E-state index in [-0.39, 0.29) is 5.91 Å². The van der Waals surface area contributed by atoms with Crippen LogP contribution in [0.15, 0.2) is 36.5 Å². The van der Waals surface area contributed by atoms with Gasteiger partial charge in [0.15, 0.2) is 0 Å². The van der Waals surface area contributed by atoms with Crippen molar-refractivity contribution in [1.82, 2.24) is 9.88 Å². The average molecular weight is 334 g/mol. The van der Waals surface area contributed by atoms with Gasteiger partial charge in [0.2, 0.25) is 5.91 Å². The Morgan fingerprint density at radius 3 is 2.86 bits per heavy atom. The largest absolute Gasteiger partial charge is 0.336 e. The van der Waals surface area contributed by atoms with Crippen molar-refractivity contribution < 1.29 is 4.79 Å². The molecule has 0 unspecified atom stereocenters. The average Bonchev–Trinajstić information content (AvgIpc) is 2.95. The molecule has 114 valence electrons. The van der Waals surface area contributed by atoms with E-state index < -0.39 is 0 Å².